The highest BCUT2D eigenvalue weighted by Gasteiger charge is 2.02. The van der Waals surface area contributed by atoms with E-state index in [0.717, 1.165) is 21.4 Å². The molecule has 0 radical (unpaired) electrons. The molecule has 2 rings (SSSR count). The first kappa shape index (κ1) is 14.0. The first-order valence-corrected chi connectivity index (χ1v) is 7.24. The second kappa shape index (κ2) is 7.21. The average molecular weight is 296 g/mol. The topological polar surface area (TPSA) is 57.8 Å². The number of carbonyl (C=O) groups is 1. The van der Waals surface area contributed by atoms with E-state index >= 15 is 0 Å². The van der Waals surface area contributed by atoms with Crippen LogP contribution in [0.4, 0.5) is 0 Å². The van der Waals surface area contributed by atoms with Gasteiger partial charge in [0.2, 0.25) is 5.91 Å². The molecule has 2 aromatic rings. The lowest BCUT2D eigenvalue weighted by atomic mass is 10.4. The maximum atomic E-state index is 11.6. The van der Waals surface area contributed by atoms with Crippen molar-refractivity contribution in [3.63, 3.8) is 0 Å². The van der Waals surface area contributed by atoms with Crippen LogP contribution in [0.5, 0.6) is 0 Å². The summed E-state index contributed by atoms with van der Waals surface area (Å²) in [7, 11) is 0. The smallest absolute Gasteiger partial charge is 0.221 e. The number of benzene rings is 1. The first-order valence-electron chi connectivity index (χ1n) is 5.87. The Morgan fingerprint density at radius 1 is 1.32 bits per heavy atom. The van der Waals surface area contributed by atoms with E-state index in [1.54, 1.807) is 18.0 Å². The number of nitrogens with one attached hydrogen (secondary N) is 2. The van der Waals surface area contributed by atoms with E-state index < -0.39 is 0 Å². The molecule has 1 amide bonds. The number of aromatic amines is 1. The van der Waals surface area contributed by atoms with Crippen LogP contribution in [0.25, 0.3) is 0 Å². The number of hydrogen-bond donors (Lipinski definition) is 2. The van der Waals surface area contributed by atoms with Gasteiger partial charge in [0.05, 0.1) is 12.2 Å². The second-order valence-corrected chi connectivity index (χ2v) is 5.52. The SMILES string of the molecule is O=C(CCSc1ccc(Cl)cc1)NCc1ccn[nH]1. The molecule has 0 bridgehead atoms. The van der Waals surface area contributed by atoms with Crippen LogP contribution >= 0.6 is 23.4 Å². The molecule has 19 heavy (non-hydrogen) atoms. The molecule has 0 saturated heterocycles. The molecule has 1 aromatic heterocycles. The van der Waals surface area contributed by atoms with Crippen molar-refractivity contribution in [3.8, 4) is 0 Å². The van der Waals surface area contributed by atoms with E-state index in [-0.39, 0.29) is 5.91 Å². The Morgan fingerprint density at radius 3 is 2.79 bits per heavy atom. The first-order chi connectivity index (χ1) is 9.24. The molecule has 1 heterocycles. The minimum atomic E-state index is 0.0380. The fourth-order valence-electron chi connectivity index (χ4n) is 1.46. The molecule has 0 atom stereocenters. The standard InChI is InChI=1S/C13H14ClN3OS/c14-10-1-3-12(4-2-10)19-8-6-13(18)15-9-11-5-7-16-17-11/h1-5,7H,6,8-9H2,(H,15,18)(H,16,17). The number of nitrogens with zero attached hydrogens (tertiary/aromatic N) is 1. The highest BCUT2D eigenvalue weighted by Crippen LogP contribution is 2.20. The van der Waals surface area contributed by atoms with Crippen molar-refractivity contribution < 1.29 is 4.79 Å². The van der Waals surface area contributed by atoms with Crippen LogP contribution in [-0.4, -0.2) is 21.9 Å². The molecule has 0 fully saturated rings. The summed E-state index contributed by atoms with van der Waals surface area (Å²) >= 11 is 7.45. The molecule has 4 nitrogen and oxygen atoms in total. The van der Waals surface area contributed by atoms with Gasteiger partial charge in [-0.15, -0.1) is 11.8 Å². The fourth-order valence-corrected chi connectivity index (χ4v) is 2.44. The number of rotatable bonds is 6. The summed E-state index contributed by atoms with van der Waals surface area (Å²) in [5.74, 6) is 0.784. The van der Waals surface area contributed by atoms with Crippen LogP contribution in [-0.2, 0) is 11.3 Å². The lowest BCUT2D eigenvalue weighted by Crippen LogP contribution is -2.23. The van der Waals surface area contributed by atoms with Crippen molar-refractivity contribution in [2.45, 2.75) is 17.9 Å². The third-order valence-corrected chi connectivity index (χ3v) is 3.71. The Bertz CT molecular complexity index is 513. The lowest BCUT2D eigenvalue weighted by Gasteiger charge is -2.04. The van der Waals surface area contributed by atoms with E-state index in [0.29, 0.717) is 13.0 Å². The van der Waals surface area contributed by atoms with Crippen LogP contribution in [0, 0.1) is 0 Å². The van der Waals surface area contributed by atoms with Crippen molar-refractivity contribution in [1.82, 2.24) is 15.5 Å². The molecule has 2 N–H and O–H groups in total. The van der Waals surface area contributed by atoms with Gasteiger partial charge in [-0.1, -0.05) is 11.6 Å². The summed E-state index contributed by atoms with van der Waals surface area (Å²) in [6.07, 6.45) is 2.15. The van der Waals surface area contributed by atoms with Crippen molar-refractivity contribution in [2.24, 2.45) is 0 Å². The number of amides is 1. The normalized spacial score (nSPS) is 10.4. The highest BCUT2D eigenvalue weighted by molar-refractivity contribution is 7.99. The van der Waals surface area contributed by atoms with Gasteiger partial charge in [0.15, 0.2) is 0 Å². The number of aromatic nitrogens is 2. The van der Waals surface area contributed by atoms with Gasteiger partial charge in [-0.05, 0) is 30.3 Å². The molecule has 100 valence electrons. The predicted molar refractivity (Wildman–Crippen MR) is 77.2 cm³/mol. The summed E-state index contributed by atoms with van der Waals surface area (Å²) < 4.78 is 0. The summed E-state index contributed by atoms with van der Waals surface area (Å²) in [6.45, 7) is 0.491. The van der Waals surface area contributed by atoms with E-state index in [1.165, 1.54) is 0 Å². The zero-order valence-electron chi connectivity index (χ0n) is 10.2. The van der Waals surface area contributed by atoms with Gasteiger partial charge in [0.1, 0.15) is 0 Å². The van der Waals surface area contributed by atoms with Crippen LogP contribution in [0.1, 0.15) is 12.1 Å². The van der Waals surface area contributed by atoms with Gasteiger partial charge in [-0.25, -0.2) is 0 Å². The molecular formula is C13H14ClN3OS. The van der Waals surface area contributed by atoms with Gasteiger partial charge in [-0.2, -0.15) is 5.10 Å². The van der Waals surface area contributed by atoms with Crippen molar-refractivity contribution in [1.29, 1.82) is 0 Å². The summed E-state index contributed by atoms with van der Waals surface area (Å²) in [4.78, 5) is 12.7. The fraction of sp³-hybridized carbons (Fsp3) is 0.231. The third kappa shape index (κ3) is 4.96. The van der Waals surface area contributed by atoms with E-state index in [2.05, 4.69) is 15.5 Å². The molecule has 0 aliphatic carbocycles. The molecular weight excluding hydrogens is 282 g/mol. The monoisotopic (exact) mass is 295 g/mol. The van der Waals surface area contributed by atoms with Crippen molar-refractivity contribution in [2.75, 3.05) is 5.75 Å². The Hall–Kier alpha value is -1.46. The Morgan fingerprint density at radius 2 is 2.11 bits per heavy atom. The van der Waals surface area contributed by atoms with Gasteiger partial charge >= 0.3 is 0 Å². The zero-order chi connectivity index (χ0) is 13.5. The maximum Gasteiger partial charge on any atom is 0.221 e. The van der Waals surface area contributed by atoms with Crippen molar-refractivity contribution >= 4 is 29.3 Å². The van der Waals surface area contributed by atoms with E-state index in [9.17, 15) is 4.79 Å². The number of hydrogen-bond acceptors (Lipinski definition) is 3. The van der Waals surface area contributed by atoms with Crippen LogP contribution in [0.15, 0.2) is 41.4 Å². The Labute approximate surface area is 120 Å². The molecule has 0 aliphatic heterocycles. The molecule has 0 unspecified atom stereocenters. The number of carbonyl (C=O) groups excluding carboxylic acids is 1. The number of thioether (sulfide) groups is 1. The zero-order valence-corrected chi connectivity index (χ0v) is 11.8. The van der Waals surface area contributed by atoms with Gasteiger partial charge in [0.25, 0.3) is 0 Å². The maximum absolute atomic E-state index is 11.6. The predicted octanol–water partition coefficient (Wildman–Crippen LogP) is 2.86. The molecule has 1 aromatic carbocycles. The number of halogens is 1. The molecule has 0 spiro atoms. The minimum Gasteiger partial charge on any atom is -0.350 e. The quantitative estimate of drug-likeness (QED) is 0.806. The van der Waals surface area contributed by atoms with E-state index in [4.69, 9.17) is 11.6 Å². The molecule has 0 aliphatic rings. The summed E-state index contributed by atoms with van der Waals surface area (Å²) in [6, 6.07) is 9.44. The van der Waals surface area contributed by atoms with E-state index in [1.807, 2.05) is 30.3 Å². The van der Waals surface area contributed by atoms with Crippen LogP contribution in [0.3, 0.4) is 0 Å². The molecule has 0 saturated carbocycles. The van der Waals surface area contributed by atoms with Gasteiger partial charge in [-0.3, -0.25) is 9.89 Å². The highest BCUT2D eigenvalue weighted by atomic mass is 35.5. The third-order valence-electron chi connectivity index (χ3n) is 2.45. The minimum absolute atomic E-state index is 0.0380. The Kier molecular flexibility index (Phi) is 5.30. The summed E-state index contributed by atoms with van der Waals surface area (Å²) in [5, 5.41) is 10.2. The second-order valence-electron chi connectivity index (χ2n) is 3.91. The lowest BCUT2D eigenvalue weighted by molar-refractivity contribution is -0.120. The largest absolute Gasteiger partial charge is 0.350 e. The average Bonchev–Trinajstić information content (AvgIpc) is 2.92. The van der Waals surface area contributed by atoms with Crippen LogP contribution in [0.2, 0.25) is 5.02 Å². The summed E-state index contributed by atoms with van der Waals surface area (Å²) in [5.41, 5.74) is 0.902. The Balaban J connectivity index is 1.65. The number of H-pyrrole nitrogens is 1. The van der Waals surface area contributed by atoms with Crippen molar-refractivity contribution in [3.05, 3.63) is 47.2 Å². The molecule has 6 heteroatoms. The van der Waals surface area contributed by atoms with Crippen LogP contribution < -0.4 is 5.32 Å². The van der Waals surface area contributed by atoms with Gasteiger partial charge in [0, 0.05) is 28.3 Å². The van der Waals surface area contributed by atoms with Gasteiger partial charge < -0.3 is 5.32 Å².